The van der Waals surface area contributed by atoms with Crippen molar-refractivity contribution in [3.05, 3.63) is 11.1 Å². The molecule has 120 valence electrons. The van der Waals surface area contributed by atoms with Gasteiger partial charge in [0.05, 0.1) is 6.61 Å². The van der Waals surface area contributed by atoms with Gasteiger partial charge in [-0.25, -0.2) is 0 Å². The fourth-order valence-electron chi connectivity index (χ4n) is 4.74. The average Bonchev–Trinajstić information content (AvgIpc) is 2.57. The minimum absolute atomic E-state index is 0.0470. The molecule has 0 fully saturated rings. The standard InChI is InChI=1S/C17H28O4/c1-10-6-13(21-11(2)20)15-14(12(10)7-18)17(5,9-19)8-16(15,3)4/h10,12-13,18-19H,6-9H2,1-5H3/t10-,12+,13+,17-/m1/s1. The highest BCUT2D eigenvalue weighted by molar-refractivity contribution is 5.66. The molecule has 21 heavy (non-hydrogen) atoms. The highest BCUT2D eigenvalue weighted by Crippen LogP contribution is 2.60. The Morgan fingerprint density at radius 2 is 1.90 bits per heavy atom. The molecule has 2 aliphatic rings. The summed E-state index contributed by atoms with van der Waals surface area (Å²) in [5.74, 6) is 0.0125. The van der Waals surface area contributed by atoms with Gasteiger partial charge >= 0.3 is 5.97 Å². The van der Waals surface area contributed by atoms with E-state index in [9.17, 15) is 15.0 Å². The molecule has 0 aromatic heterocycles. The van der Waals surface area contributed by atoms with E-state index in [0.717, 1.165) is 24.0 Å². The second-order valence-electron chi connectivity index (χ2n) is 7.71. The molecule has 4 nitrogen and oxygen atoms in total. The van der Waals surface area contributed by atoms with Gasteiger partial charge in [0.25, 0.3) is 0 Å². The van der Waals surface area contributed by atoms with Crippen LogP contribution in [0, 0.1) is 22.7 Å². The van der Waals surface area contributed by atoms with Crippen molar-refractivity contribution in [2.45, 2.75) is 53.6 Å². The Balaban J connectivity index is 2.58. The molecule has 0 aromatic rings. The highest BCUT2D eigenvalue weighted by Gasteiger charge is 2.54. The first-order chi connectivity index (χ1) is 9.66. The predicted molar refractivity (Wildman–Crippen MR) is 80.5 cm³/mol. The Morgan fingerprint density at radius 1 is 1.29 bits per heavy atom. The summed E-state index contributed by atoms with van der Waals surface area (Å²) in [6.07, 6.45) is 1.34. The molecule has 0 heterocycles. The first-order valence-electron chi connectivity index (χ1n) is 7.80. The van der Waals surface area contributed by atoms with Crippen LogP contribution in [-0.2, 0) is 9.53 Å². The van der Waals surface area contributed by atoms with Gasteiger partial charge < -0.3 is 14.9 Å². The molecule has 0 aromatic carbocycles. The van der Waals surface area contributed by atoms with Gasteiger partial charge in [0.1, 0.15) is 6.10 Å². The summed E-state index contributed by atoms with van der Waals surface area (Å²) < 4.78 is 5.58. The second kappa shape index (κ2) is 5.40. The van der Waals surface area contributed by atoms with Crippen LogP contribution in [0.2, 0.25) is 0 Å². The quantitative estimate of drug-likeness (QED) is 0.619. The van der Waals surface area contributed by atoms with Crippen molar-refractivity contribution in [3.8, 4) is 0 Å². The monoisotopic (exact) mass is 296 g/mol. The first kappa shape index (κ1) is 16.5. The number of aliphatic hydroxyl groups is 2. The van der Waals surface area contributed by atoms with Gasteiger partial charge in [-0.05, 0) is 29.7 Å². The Bertz CT molecular complexity index is 465. The number of carbonyl (C=O) groups excluding carboxylic acids is 1. The third kappa shape index (κ3) is 2.64. The van der Waals surface area contributed by atoms with Gasteiger partial charge in [-0.1, -0.05) is 33.3 Å². The number of aliphatic hydroxyl groups excluding tert-OH is 2. The lowest BCUT2D eigenvalue weighted by Gasteiger charge is -2.40. The number of carbonyl (C=O) groups is 1. The van der Waals surface area contributed by atoms with Crippen LogP contribution < -0.4 is 0 Å². The molecule has 0 saturated carbocycles. The molecule has 4 heteroatoms. The summed E-state index contributed by atoms with van der Waals surface area (Å²) in [6.45, 7) is 10.0. The topological polar surface area (TPSA) is 66.8 Å². The smallest absolute Gasteiger partial charge is 0.303 e. The molecule has 0 unspecified atom stereocenters. The van der Waals surface area contributed by atoms with E-state index in [0.29, 0.717) is 0 Å². The lowest BCUT2D eigenvalue weighted by Crippen LogP contribution is -2.38. The van der Waals surface area contributed by atoms with Crippen molar-refractivity contribution in [1.82, 2.24) is 0 Å². The fraction of sp³-hybridized carbons (Fsp3) is 0.824. The number of hydrogen-bond donors (Lipinski definition) is 2. The maximum absolute atomic E-state index is 11.5. The summed E-state index contributed by atoms with van der Waals surface area (Å²) in [6, 6.07) is 0. The van der Waals surface area contributed by atoms with Crippen molar-refractivity contribution >= 4 is 5.97 Å². The van der Waals surface area contributed by atoms with Crippen molar-refractivity contribution in [2.24, 2.45) is 22.7 Å². The molecule has 2 N–H and O–H groups in total. The van der Waals surface area contributed by atoms with Crippen LogP contribution in [-0.4, -0.2) is 35.5 Å². The highest BCUT2D eigenvalue weighted by atomic mass is 16.5. The van der Waals surface area contributed by atoms with Crippen molar-refractivity contribution in [1.29, 1.82) is 0 Å². The Hall–Kier alpha value is -0.870. The van der Waals surface area contributed by atoms with Crippen LogP contribution in [0.5, 0.6) is 0 Å². The Morgan fingerprint density at radius 3 is 2.38 bits per heavy atom. The van der Waals surface area contributed by atoms with E-state index in [1.165, 1.54) is 6.92 Å². The molecule has 0 amide bonds. The summed E-state index contributed by atoms with van der Waals surface area (Å²) in [4.78, 5) is 11.5. The fourth-order valence-corrected chi connectivity index (χ4v) is 4.74. The third-order valence-corrected chi connectivity index (χ3v) is 5.32. The first-order valence-corrected chi connectivity index (χ1v) is 7.80. The summed E-state index contributed by atoms with van der Waals surface area (Å²) in [7, 11) is 0. The molecule has 0 bridgehead atoms. The Kier molecular flexibility index (Phi) is 4.24. The minimum Gasteiger partial charge on any atom is -0.458 e. The molecular formula is C17H28O4. The van der Waals surface area contributed by atoms with Crippen LogP contribution in [0.3, 0.4) is 0 Å². The summed E-state index contributed by atoms with van der Waals surface area (Å²) in [5, 5.41) is 19.8. The molecular weight excluding hydrogens is 268 g/mol. The van der Waals surface area contributed by atoms with E-state index < -0.39 is 0 Å². The Labute approximate surface area is 127 Å². The average molecular weight is 296 g/mol. The minimum atomic E-state index is -0.334. The normalized spacial score (nSPS) is 38.3. The van der Waals surface area contributed by atoms with Gasteiger partial charge in [-0.3, -0.25) is 4.79 Å². The van der Waals surface area contributed by atoms with Crippen molar-refractivity contribution in [2.75, 3.05) is 13.2 Å². The molecule has 0 aliphatic heterocycles. The van der Waals surface area contributed by atoms with Gasteiger partial charge in [0, 0.05) is 24.9 Å². The van der Waals surface area contributed by atoms with E-state index in [4.69, 9.17) is 4.74 Å². The third-order valence-electron chi connectivity index (χ3n) is 5.32. The molecule has 2 rings (SSSR count). The number of hydrogen-bond acceptors (Lipinski definition) is 4. The van der Waals surface area contributed by atoms with Gasteiger partial charge in [0.2, 0.25) is 0 Å². The zero-order valence-corrected chi connectivity index (χ0v) is 13.8. The van der Waals surface area contributed by atoms with Crippen molar-refractivity contribution in [3.63, 3.8) is 0 Å². The zero-order valence-electron chi connectivity index (χ0n) is 13.8. The number of rotatable bonds is 3. The maximum atomic E-state index is 11.5. The van der Waals surface area contributed by atoms with E-state index in [2.05, 4.69) is 27.7 Å². The van der Waals surface area contributed by atoms with Crippen LogP contribution in [0.4, 0.5) is 0 Å². The largest absolute Gasteiger partial charge is 0.458 e. The zero-order chi connectivity index (χ0) is 16.0. The maximum Gasteiger partial charge on any atom is 0.303 e. The predicted octanol–water partition coefficient (Wildman–Crippen LogP) is 2.29. The van der Waals surface area contributed by atoms with Crippen LogP contribution in [0.1, 0.15) is 47.5 Å². The van der Waals surface area contributed by atoms with Gasteiger partial charge in [-0.15, -0.1) is 0 Å². The van der Waals surface area contributed by atoms with E-state index >= 15 is 0 Å². The van der Waals surface area contributed by atoms with Crippen LogP contribution >= 0.6 is 0 Å². The molecule has 0 saturated heterocycles. The molecule has 0 radical (unpaired) electrons. The van der Waals surface area contributed by atoms with E-state index in [-0.39, 0.29) is 48.0 Å². The van der Waals surface area contributed by atoms with E-state index in [1.54, 1.807) is 0 Å². The molecule has 4 atom stereocenters. The SMILES string of the molecule is CC(=O)O[C@H]1C[C@@H](C)[C@H](CO)C2=C1C(C)(C)C[C@]2(C)CO. The van der Waals surface area contributed by atoms with Gasteiger partial charge in [0.15, 0.2) is 0 Å². The molecule has 0 spiro atoms. The van der Waals surface area contributed by atoms with Crippen LogP contribution in [0.25, 0.3) is 0 Å². The second-order valence-corrected chi connectivity index (χ2v) is 7.71. The number of esters is 1. The summed E-state index contributed by atoms with van der Waals surface area (Å²) in [5.41, 5.74) is 1.80. The summed E-state index contributed by atoms with van der Waals surface area (Å²) >= 11 is 0. The van der Waals surface area contributed by atoms with Crippen molar-refractivity contribution < 1.29 is 19.7 Å². The van der Waals surface area contributed by atoms with E-state index in [1.807, 2.05) is 0 Å². The van der Waals surface area contributed by atoms with Crippen LogP contribution in [0.15, 0.2) is 11.1 Å². The number of ether oxygens (including phenoxy) is 1. The lowest BCUT2D eigenvalue weighted by atomic mass is 9.68. The molecule has 2 aliphatic carbocycles. The lowest BCUT2D eigenvalue weighted by molar-refractivity contribution is -0.146. The van der Waals surface area contributed by atoms with Gasteiger partial charge in [-0.2, -0.15) is 0 Å².